The van der Waals surface area contributed by atoms with E-state index < -0.39 is 11.4 Å². The van der Waals surface area contributed by atoms with Gasteiger partial charge in [0, 0.05) is 5.56 Å². The number of halogens is 1. The van der Waals surface area contributed by atoms with Crippen LogP contribution in [0.5, 0.6) is 0 Å². The largest absolute Gasteiger partial charge is 0.468 e. The average Bonchev–Trinajstić information content (AvgIpc) is 2.46. The molecule has 0 amide bonds. The Kier molecular flexibility index (Phi) is 5.72. The Morgan fingerprint density at radius 1 is 1.25 bits per heavy atom. The first-order chi connectivity index (χ1) is 9.10. The van der Waals surface area contributed by atoms with Gasteiger partial charge in [-0.2, -0.15) is 0 Å². The molecule has 0 radical (unpaired) electrons. The van der Waals surface area contributed by atoms with E-state index in [1.807, 2.05) is 25.1 Å². The molecular formula is C15H20ClNO3. The van der Waals surface area contributed by atoms with Crippen LogP contribution in [-0.2, 0) is 9.53 Å². The molecule has 1 aromatic carbocycles. The number of ketones is 1. The molecule has 110 valence electrons. The summed E-state index contributed by atoms with van der Waals surface area (Å²) in [5.41, 5.74) is 0.584. The molecule has 1 N–H and O–H groups in total. The van der Waals surface area contributed by atoms with E-state index >= 15 is 0 Å². The van der Waals surface area contributed by atoms with Gasteiger partial charge in [0.2, 0.25) is 0 Å². The lowest BCUT2D eigenvalue weighted by molar-refractivity contribution is -0.151. The van der Waals surface area contributed by atoms with Crippen LogP contribution in [0, 0.1) is 12.3 Å². The predicted octanol–water partition coefficient (Wildman–Crippen LogP) is 2.14. The zero-order valence-electron chi connectivity index (χ0n) is 11.8. The van der Waals surface area contributed by atoms with Crippen LogP contribution < -0.4 is 5.32 Å². The van der Waals surface area contributed by atoms with Crippen molar-refractivity contribution < 1.29 is 14.3 Å². The lowest BCUT2D eigenvalue weighted by Crippen LogP contribution is -2.48. The minimum absolute atomic E-state index is 0. The first-order valence-corrected chi connectivity index (χ1v) is 6.51. The van der Waals surface area contributed by atoms with Gasteiger partial charge in [-0.15, -0.1) is 12.4 Å². The highest BCUT2D eigenvalue weighted by atomic mass is 35.5. The molecule has 0 spiro atoms. The molecule has 0 saturated carbocycles. The van der Waals surface area contributed by atoms with Gasteiger partial charge < -0.3 is 10.1 Å². The third kappa shape index (κ3) is 3.02. The monoisotopic (exact) mass is 297 g/mol. The van der Waals surface area contributed by atoms with Crippen LogP contribution in [0.3, 0.4) is 0 Å². The van der Waals surface area contributed by atoms with Crippen molar-refractivity contribution in [1.82, 2.24) is 5.32 Å². The number of rotatable bonds is 3. The van der Waals surface area contributed by atoms with Gasteiger partial charge in [0.05, 0.1) is 7.11 Å². The molecule has 5 heteroatoms. The van der Waals surface area contributed by atoms with E-state index in [4.69, 9.17) is 4.74 Å². The quantitative estimate of drug-likeness (QED) is 0.528. The third-order valence-electron chi connectivity index (χ3n) is 3.75. The Hall–Kier alpha value is -1.39. The first kappa shape index (κ1) is 16.7. The molecule has 4 nitrogen and oxygen atoms in total. The van der Waals surface area contributed by atoms with Crippen molar-refractivity contribution in [2.24, 2.45) is 5.41 Å². The summed E-state index contributed by atoms with van der Waals surface area (Å²) in [7, 11) is 1.34. The van der Waals surface area contributed by atoms with Gasteiger partial charge >= 0.3 is 5.97 Å². The van der Waals surface area contributed by atoms with E-state index in [9.17, 15) is 9.59 Å². The second-order valence-electron chi connectivity index (χ2n) is 5.02. The summed E-state index contributed by atoms with van der Waals surface area (Å²) < 4.78 is 4.88. The number of Topliss-reactive ketones (excluding diaryl/α,β-unsaturated/α-hetero) is 1. The van der Waals surface area contributed by atoms with Crippen LogP contribution in [0.15, 0.2) is 24.3 Å². The van der Waals surface area contributed by atoms with E-state index in [2.05, 4.69) is 5.32 Å². The van der Waals surface area contributed by atoms with Crippen molar-refractivity contribution in [3.05, 3.63) is 35.4 Å². The Morgan fingerprint density at radius 2 is 1.90 bits per heavy atom. The number of hydrogen-bond donors (Lipinski definition) is 1. The summed E-state index contributed by atoms with van der Waals surface area (Å²) in [6.45, 7) is 3.25. The highest BCUT2D eigenvalue weighted by Gasteiger charge is 2.47. The first-order valence-electron chi connectivity index (χ1n) is 6.51. The summed E-state index contributed by atoms with van der Waals surface area (Å²) in [6, 6.07) is 7.37. The Balaban J connectivity index is 0.00000200. The SMILES string of the molecule is COC(=O)C1(C(=O)c2cccc(C)c2)CCNCC1.Cl. The van der Waals surface area contributed by atoms with Crippen LogP contribution in [0.25, 0.3) is 0 Å². The number of nitrogens with one attached hydrogen (secondary N) is 1. The lowest BCUT2D eigenvalue weighted by Gasteiger charge is -2.33. The topological polar surface area (TPSA) is 55.4 Å². The van der Waals surface area contributed by atoms with E-state index in [0.29, 0.717) is 31.5 Å². The number of methoxy groups -OCH3 is 1. The molecule has 0 aliphatic carbocycles. The third-order valence-corrected chi connectivity index (χ3v) is 3.75. The zero-order chi connectivity index (χ0) is 13.9. The van der Waals surface area contributed by atoms with E-state index in [0.717, 1.165) is 5.56 Å². The van der Waals surface area contributed by atoms with Crippen molar-refractivity contribution in [3.63, 3.8) is 0 Å². The number of ether oxygens (including phenoxy) is 1. The van der Waals surface area contributed by atoms with Crippen LogP contribution in [0.1, 0.15) is 28.8 Å². The molecule has 0 unspecified atom stereocenters. The van der Waals surface area contributed by atoms with Crippen molar-refractivity contribution in [2.45, 2.75) is 19.8 Å². The number of piperidine rings is 1. The number of carbonyl (C=O) groups is 2. The number of esters is 1. The molecule has 20 heavy (non-hydrogen) atoms. The minimum atomic E-state index is -1.02. The summed E-state index contributed by atoms with van der Waals surface area (Å²) >= 11 is 0. The second-order valence-corrected chi connectivity index (χ2v) is 5.02. The Bertz CT molecular complexity index is 496. The fraction of sp³-hybridized carbons (Fsp3) is 0.467. The van der Waals surface area contributed by atoms with E-state index in [1.165, 1.54) is 7.11 Å². The smallest absolute Gasteiger partial charge is 0.319 e. The summed E-state index contributed by atoms with van der Waals surface area (Å²) in [6.07, 6.45) is 0.985. The molecule has 1 aliphatic rings. The van der Waals surface area contributed by atoms with Crippen molar-refractivity contribution >= 4 is 24.2 Å². The molecular weight excluding hydrogens is 278 g/mol. The maximum Gasteiger partial charge on any atom is 0.319 e. The zero-order valence-corrected chi connectivity index (χ0v) is 12.6. The van der Waals surface area contributed by atoms with E-state index in [1.54, 1.807) is 6.07 Å². The number of aryl methyl sites for hydroxylation is 1. The van der Waals surface area contributed by atoms with E-state index in [-0.39, 0.29) is 18.2 Å². The summed E-state index contributed by atoms with van der Waals surface area (Å²) in [4.78, 5) is 24.9. The predicted molar refractivity (Wildman–Crippen MR) is 79.3 cm³/mol. The number of hydrogen-bond acceptors (Lipinski definition) is 4. The van der Waals surface area contributed by atoms with Crippen LogP contribution in [-0.4, -0.2) is 32.0 Å². The lowest BCUT2D eigenvalue weighted by atomic mass is 9.73. The summed E-state index contributed by atoms with van der Waals surface area (Å²) in [5, 5.41) is 3.18. The van der Waals surface area contributed by atoms with Gasteiger partial charge in [-0.3, -0.25) is 9.59 Å². The van der Waals surface area contributed by atoms with Crippen molar-refractivity contribution in [1.29, 1.82) is 0 Å². The highest BCUT2D eigenvalue weighted by molar-refractivity contribution is 6.12. The Morgan fingerprint density at radius 3 is 2.45 bits per heavy atom. The van der Waals surface area contributed by atoms with Gasteiger partial charge in [0.25, 0.3) is 0 Å². The van der Waals surface area contributed by atoms with Crippen LogP contribution in [0.2, 0.25) is 0 Å². The maximum absolute atomic E-state index is 12.7. The molecule has 1 aromatic rings. The standard InChI is InChI=1S/C15H19NO3.ClH/c1-11-4-3-5-12(10-11)13(17)15(14(18)19-2)6-8-16-9-7-15;/h3-5,10,16H,6-9H2,1-2H3;1H. The van der Waals surface area contributed by atoms with Crippen LogP contribution >= 0.6 is 12.4 Å². The fourth-order valence-electron chi connectivity index (χ4n) is 2.64. The highest BCUT2D eigenvalue weighted by Crippen LogP contribution is 2.34. The molecule has 1 fully saturated rings. The van der Waals surface area contributed by atoms with Gasteiger partial charge in [-0.05, 0) is 38.9 Å². The molecule has 2 rings (SSSR count). The van der Waals surface area contributed by atoms with Gasteiger partial charge in [-0.25, -0.2) is 0 Å². The molecule has 1 aliphatic heterocycles. The average molecular weight is 298 g/mol. The second kappa shape index (κ2) is 6.86. The van der Waals surface area contributed by atoms with Crippen LogP contribution in [0.4, 0.5) is 0 Å². The molecule has 1 heterocycles. The maximum atomic E-state index is 12.7. The molecule has 1 saturated heterocycles. The molecule has 0 bridgehead atoms. The molecule has 0 atom stereocenters. The minimum Gasteiger partial charge on any atom is -0.468 e. The van der Waals surface area contributed by atoms with Crippen molar-refractivity contribution in [2.75, 3.05) is 20.2 Å². The van der Waals surface area contributed by atoms with Crippen molar-refractivity contribution in [3.8, 4) is 0 Å². The van der Waals surface area contributed by atoms with Gasteiger partial charge in [-0.1, -0.05) is 23.8 Å². The Labute approximate surface area is 125 Å². The number of carbonyl (C=O) groups excluding carboxylic acids is 2. The van der Waals surface area contributed by atoms with Gasteiger partial charge in [0.15, 0.2) is 5.78 Å². The normalized spacial score (nSPS) is 16.9. The number of benzene rings is 1. The van der Waals surface area contributed by atoms with Gasteiger partial charge in [0.1, 0.15) is 5.41 Å². The molecule has 0 aromatic heterocycles. The fourth-order valence-corrected chi connectivity index (χ4v) is 2.64. The summed E-state index contributed by atoms with van der Waals surface area (Å²) in [5.74, 6) is -0.537.